The maximum absolute atomic E-state index is 8.63. The van der Waals surface area contributed by atoms with Gasteiger partial charge in [-0.2, -0.15) is 0 Å². The first-order chi connectivity index (χ1) is 16.2. The molecule has 0 atom stereocenters. The van der Waals surface area contributed by atoms with Crippen LogP contribution in [0.3, 0.4) is 0 Å². The first-order valence-corrected chi connectivity index (χ1v) is 10.7. The van der Waals surface area contributed by atoms with Gasteiger partial charge in [-0.25, -0.2) is 0 Å². The number of phenols is 2. The maximum Gasteiger partial charge on any atom is 0.115 e. The lowest BCUT2D eigenvalue weighted by molar-refractivity contribution is 0.475. The van der Waals surface area contributed by atoms with Crippen molar-refractivity contribution in [3.8, 4) is 11.5 Å². The number of rotatable bonds is 3. The highest BCUT2D eigenvalue weighted by Crippen LogP contribution is 2.33. The van der Waals surface area contributed by atoms with Gasteiger partial charge in [0.05, 0.1) is 0 Å². The zero-order valence-corrected chi connectivity index (χ0v) is 18.3. The molecule has 0 unspecified atom stereocenters. The van der Waals surface area contributed by atoms with E-state index in [0.29, 0.717) is 11.5 Å². The lowest BCUT2D eigenvalue weighted by Gasteiger charge is -2.25. The summed E-state index contributed by atoms with van der Waals surface area (Å²) < 4.78 is 0. The Morgan fingerprint density at radius 1 is 0.303 bits per heavy atom. The van der Waals surface area contributed by atoms with Crippen LogP contribution >= 0.6 is 0 Å². The van der Waals surface area contributed by atoms with Crippen LogP contribution in [0, 0.1) is 0 Å². The Hall–Kier alpha value is -4.50. The van der Waals surface area contributed by atoms with E-state index in [-0.39, 0.29) is 0 Å². The smallest absolute Gasteiger partial charge is 0.115 e. The van der Waals surface area contributed by atoms with Gasteiger partial charge in [0, 0.05) is 17.1 Å². The number of nitrogens with zero attached hydrogens (tertiary/aromatic N) is 1. The van der Waals surface area contributed by atoms with Gasteiger partial charge in [-0.15, -0.1) is 0 Å². The Bertz CT molecular complexity index is 1020. The molecular weight excluding hydrogens is 406 g/mol. The van der Waals surface area contributed by atoms with Gasteiger partial charge < -0.3 is 15.1 Å². The first-order valence-electron chi connectivity index (χ1n) is 10.7. The summed E-state index contributed by atoms with van der Waals surface area (Å²) in [5.41, 5.74) is 3.50. The fraction of sp³-hybridized carbons (Fsp3) is 0. The van der Waals surface area contributed by atoms with E-state index in [1.807, 2.05) is 30.3 Å². The molecule has 0 bridgehead atoms. The van der Waals surface area contributed by atoms with Crippen LogP contribution in [0.4, 0.5) is 17.1 Å². The number of benzene rings is 5. The summed E-state index contributed by atoms with van der Waals surface area (Å²) >= 11 is 0. The summed E-state index contributed by atoms with van der Waals surface area (Å²) in [7, 11) is 0. The van der Waals surface area contributed by atoms with Crippen LogP contribution in [0.5, 0.6) is 11.5 Å². The summed E-state index contributed by atoms with van der Waals surface area (Å²) in [5, 5.41) is 17.3. The van der Waals surface area contributed by atoms with E-state index < -0.39 is 0 Å². The fourth-order valence-electron chi connectivity index (χ4n) is 3.03. The molecule has 164 valence electrons. The standard InChI is InChI=1S/C18H15N.2C6H6O/c1-4-10-16(11-5-1)19(17-12-6-2-7-13-17)18-14-8-3-9-15-18;2*7-6-4-2-1-3-5-6/h1-15H;2*1-5,7H. The van der Waals surface area contributed by atoms with Crippen molar-refractivity contribution in [2.24, 2.45) is 0 Å². The molecule has 5 aromatic rings. The van der Waals surface area contributed by atoms with Crippen LogP contribution in [0.2, 0.25) is 0 Å². The highest BCUT2D eigenvalue weighted by atomic mass is 16.3. The molecule has 2 N–H and O–H groups in total. The summed E-state index contributed by atoms with van der Waals surface area (Å²) in [5.74, 6) is 0.644. The molecule has 0 saturated heterocycles. The first kappa shape index (κ1) is 23.2. The predicted molar refractivity (Wildman–Crippen MR) is 137 cm³/mol. The highest BCUT2D eigenvalue weighted by Gasteiger charge is 2.10. The normalized spacial score (nSPS) is 9.45. The van der Waals surface area contributed by atoms with Gasteiger partial charge >= 0.3 is 0 Å². The van der Waals surface area contributed by atoms with Crippen molar-refractivity contribution in [2.45, 2.75) is 0 Å². The molecule has 0 aromatic heterocycles. The molecule has 0 spiro atoms. The monoisotopic (exact) mass is 433 g/mol. The van der Waals surface area contributed by atoms with E-state index in [1.165, 1.54) is 17.1 Å². The second-order valence-electron chi connectivity index (χ2n) is 7.01. The van der Waals surface area contributed by atoms with E-state index in [1.54, 1.807) is 48.5 Å². The Morgan fingerprint density at radius 3 is 0.697 bits per heavy atom. The molecule has 33 heavy (non-hydrogen) atoms. The largest absolute Gasteiger partial charge is 0.508 e. The van der Waals surface area contributed by atoms with Gasteiger partial charge in [-0.3, -0.25) is 0 Å². The Kier molecular flexibility index (Phi) is 9.15. The Labute approximate surface area is 195 Å². The third-order valence-electron chi connectivity index (χ3n) is 4.56. The second-order valence-corrected chi connectivity index (χ2v) is 7.01. The lowest BCUT2D eigenvalue weighted by Crippen LogP contribution is -2.09. The molecule has 3 heteroatoms. The van der Waals surface area contributed by atoms with Crippen LogP contribution in [0.25, 0.3) is 0 Å². The number of phenolic OH excluding ortho intramolecular Hbond substituents is 2. The summed E-state index contributed by atoms with van der Waals surface area (Å²) in [6, 6.07) is 48.7. The van der Waals surface area contributed by atoms with Crippen molar-refractivity contribution < 1.29 is 10.2 Å². The minimum atomic E-state index is 0.322. The molecule has 0 aliphatic rings. The van der Waals surface area contributed by atoms with Crippen molar-refractivity contribution in [2.75, 3.05) is 4.90 Å². The van der Waals surface area contributed by atoms with Crippen LogP contribution in [-0.2, 0) is 0 Å². The van der Waals surface area contributed by atoms with Crippen molar-refractivity contribution >= 4 is 17.1 Å². The number of para-hydroxylation sites is 5. The quantitative estimate of drug-likeness (QED) is 0.303. The number of anilines is 3. The maximum atomic E-state index is 8.63. The molecule has 0 fully saturated rings. The molecule has 5 aromatic carbocycles. The molecule has 0 saturated carbocycles. The summed E-state index contributed by atoms with van der Waals surface area (Å²) in [6.45, 7) is 0. The molecule has 0 heterocycles. The molecule has 0 aliphatic carbocycles. The highest BCUT2D eigenvalue weighted by molar-refractivity contribution is 5.76. The van der Waals surface area contributed by atoms with Crippen LogP contribution in [0.15, 0.2) is 152 Å². The molecular formula is C30H27NO2. The van der Waals surface area contributed by atoms with Gasteiger partial charge in [-0.1, -0.05) is 91.0 Å². The van der Waals surface area contributed by atoms with Crippen molar-refractivity contribution in [1.82, 2.24) is 0 Å². The third kappa shape index (κ3) is 7.93. The number of aromatic hydroxyl groups is 2. The average molecular weight is 434 g/mol. The SMILES string of the molecule is Oc1ccccc1.Oc1ccccc1.c1ccc(N(c2ccccc2)c2ccccc2)cc1. The van der Waals surface area contributed by atoms with E-state index in [2.05, 4.69) is 77.7 Å². The van der Waals surface area contributed by atoms with Crippen molar-refractivity contribution in [3.05, 3.63) is 152 Å². The van der Waals surface area contributed by atoms with Gasteiger partial charge in [0.25, 0.3) is 0 Å². The average Bonchev–Trinajstić information content (AvgIpc) is 2.88. The van der Waals surface area contributed by atoms with Crippen LogP contribution < -0.4 is 4.90 Å². The zero-order chi connectivity index (χ0) is 23.1. The Balaban J connectivity index is 0.000000178. The summed E-state index contributed by atoms with van der Waals surface area (Å²) in [6.07, 6.45) is 0. The van der Waals surface area contributed by atoms with E-state index >= 15 is 0 Å². The van der Waals surface area contributed by atoms with E-state index in [9.17, 15) is 0 Å². The van der Waals surface area contributed by atoms with Gasteiger partial charge in [0.2, 0.25) is 0 Å². The van der Waals surface area contributed by atoms with Crippen molar-refractivity contribution in [3.63, 3.8) is 0 Å². The summed E-state index contributed by atoms with van der Waals surface area (Å²) in [4.78, 5) is 2.25. The fourth-order valence-corrected chi connectivity index (χ4v) is 3.03. The molecule has 0 radical (unpaired) electrons. The molecule has 3 nitrogen and oxygen atoms in total. The van der Waals surface area contributed by atoms with Gasteiger partial charge in [-0.05, 0) is 60.7 Å². The zero-order valence-electron chi connectivity index (χ0n) is 18.3. The molecule has 0 amide bonds. The lowest BCUT2D eigenvalue weighted by atomic mass is 10.2. The minimum absolute atomic E-state index is 0.322. The topological polar surface area (TPSA) is 43.7 Å². The predicted octanol–water partition coefficient (Wildman–Crippen LogP) is 7.94. The molecule has 0 aliphatic heterocycles. The van der Waals surface area contributed by atoms with E-state index in [0.717, 1.165) is 0 Å². The number of hydrogen-bond acceptors (Lipinski definition) is 3. The third-order valence-corrected chi connectivity index (χ3v) is 4.56. The molecule has 5 rings (SSSR count). The van der Waals surface area contributed by atoms with Gasteiger partial charge in [0.15, 0.2) is 0 Å². The second kappa shape index (κ2) is 13.0. The van der Waals surface area contributed by atoms with Crippen LogP contribution in [0.1, 0.15) is 0 Å². The van der Waals surface area contributed by atoms with Crippen molar-refractivity contribution in [1.29, 1.82) is 0 Å². The Morgan fingerprint density at radius 2 is 0.515 bits per heavy atom. The van der Waals surface area contributed by atoms with Crippen LogP contribution in [-0.4, -0.2) is 10.2 Å². The number of hydrogen-bond donors (Lipinski definition) is 2. The minimum Gasteiger partial charge on any atom is -0.508 e. The van der Waals surface area contributed by atoms with Gasteiger partial charge in [0.1, 0.15) is 11.5 Å². The van der Waals surface area contributed by atoms with E-state index in [4.69, 9.17) is 10.2 Å².